The molecule has 0 spiro atoms. The standard InChI is InChI=1S/C17H13Cl3N2O2S/c1-9(16(21)13(24)6-7-23)17(14-4-5-15(20)25-14)22-12-3-2-10(18)8-11(12)19/h2-5,7-8H,6,21H2,1H3. The number of allylic oxidation sites excluding steroid dienone is 2. The van der Waals surface area contributed by atoms with Crippen molar-refractivity contribution in [1.82, 2.24) is 0 Å². The average Bonchev–Trinajstić information content (AvgIpc) is 2.99. The van der Waals surface area contributed by atoms with E-state index in [4.69, 9.17) is 40.5 Å². The summed E-state index contributed by atoms with van der Waals surface area (Å²) in [5, 5.41) is 0.843. The van der Waals surface area contributed by atoms with Crippen molar-refractivity contribution >= 4 is 69.6 Å². The van der Waals surface area contributed by atoms with E-state index in [-0.39, 0.29) is 12.1 Å². The quantitative estimate of drug-likeness (QED) is 0.304. The van der Waals surface area contributed by atoms with E-state index in [9.17, 15) is 9.59 Å². The number of rotatable bonds is 6. The lowest BCUT2D eigenvalue weighted by Crippen LogP contribution is -2.17. The van der Waals surface area contributed by atoms with Crippen LogP contribution < -0.4 is 5.73 Å². The summed E-state index contributed by atoms with van der Waals surface area (Å²) in [4.78, 5) is 27.8. The number of carbonyl (C=O) groups is 2. The van der Waals surface area contributed by atoms with Crippen molar-refractivity contribution in [3.05, 3.63) is 60.9 Å². The molecule has 0 amide bonds. The third-order valence-electron chi connectivity index (χ3n) is 3.28. The maximum absolute atomic E-state index is 12.0. The number of hydrogen-bond acceptors (Lipinski definition) is 5. The molecule has 0 saturated carbocycles. The Hall–Kier alpha value is -1.66. The molecule has 2 aromatic rings. The molecule has 2 rings (SSSR count). The molecule has 0 aliphatic rings. The molecule has 0 fully saturated rings. The van der Waals surface area contributed by atoms with Crippen LogP contribution in [0.4, 0.5) is 5.69 Å². The summed E-state index contributed by atoms with van der Waals surface area (Å²) < 4.78 is 0.565. The largest absolute Gasteiger partial charge is 0.396 e. The van der Waals surface area contributed by atoms with Gasteiger partial charge >= 0.3 is 0 Å². The van der Waals surface area contributed by atoms with Crippen molar-refractivity contribution in [2.24, 2.45) is 10.7 Å². The third kappa shape index (κ3) is 4.92. The van der Waals surface area contributed by atoms with E-state index >= 15 is 0 Å². The first-order chi connectivity index (χ1) is 11.8. The Balaban J connectivity index is 2.61. The molecule has 1 heterocycles. The van der Waals surface area contributed by atoms with E-state index in [0.29, 0.717) is 37.6 Å². The SMILES string of the molecule is CC(C(=Nc1ccc(Cl)cc1Cl)c1ccc(Cl)s1)=C(N)C(=O)CC=O. The minimum Gasteiger partial charge on any atom is -0.396 e. The van der Waals surface area contributed by atoms with Gasteiger partial charge in [-0.25, -0.2) is 4.99 Å². The number of ketones is 1. The number of carbonyl (C=O) groups excluding carboxylic acids is 2. The zero-order valence-electron chi connectivity index (χ0n) is 13.1. The molecule has 0 atom stereocenters. The summed E-state index contributed by atoms with van der Waals surface area (Å²) >= 11 is 19.4. The molecule has 1 aromatic carbocycles. The third-order valence-corrected chi connectivity index (χ3v) is 5.05. The van der Waals surface area contributed by atoms with Crippen LogP contribution in [0.3, 0.4) is 0 Å². The zero-order valence-corrected chi connectivity index (χ0v) is 16.1. The van der Waals surface area contributed by atoms with Gasteiger partial charge in [-0.15, -0.1) is 11.3 Å². The predicted molar refractivity (Wildman–Crippen MR) is 105 cm³/mol. The van der Waals surface area contributed by atoms with Gasteiger partial charge in [0.1, 0.15) is 6.29 Å². The Morgan fingerprint density at radius 2 is 1.96 bits per heavy atom. The molecule has 1 aromatic heterocycles. The van der Waals surface area contributed by atoms with Crippen molar-refractivity contribution < 1.29 is 9.59 Å². The maximum Gasteiger partial charge on any atom is 0.185 e. The first-order valence-corrected chi connectivity index (χ1v) is 9.01. The number of nitrogens with two attached hydrogens (primary N) is 1. The number of aliphatic imine (C=N–C) groups is 1. The van der Waals surface area contributed by atoms with Crippen LogP contribution in [0.5, 0.6) is 0 Å². The zero-order chi connectivity index (χ0) is 18.6. The van der Waals surface area contributed by atoms with Crippen LogP contribution in [0.1, 0.15) is 18.2 Å². The van der Waals surface area contributed by atoms with E-state index in [1.807, 2.05) is 0 Å². The predicted octanol–water partition coefficient (Wildman–Crippen LogP) is 5.22. The van der Waals surface area contributed by atoms with Crippen LogP contribution in [0.15, 0.2) is 46.6 Å². The minimum atomic E-state index is -0.468. The highest BCUT2D eigenvalue weighted by molar-refractivity contribution is 7.18. The molecule has 2 N–H and O–H groups in total. The van der Waals surface area contributed by atoms with Gasteiger partial charge in [0, 0.05) is 10.6 Å². The molecule has 4 nitrogen and oxygen atoms in total. The van der Waals surface area contributed by atoms with Crippen LogP contribution in [-0.2, 0) is 9.59 Å². The molecular formula is C17H13Cl3N2O2S. The van der Waals surface area contributed by atoms with E-state index in [0.717, 1.165) is 4.88 Å². The number of aldehydes is 1. The monoisotopic (exact) mass is 414 g/mol. The Morgan fingerprint density at radius 1 is 1.24 bits per heavy atom. The van der Waals surface area contributed by atoms with Gasteiger partial charge < -0.3 is 10.5 Å². The highest BCUT2D eigenvalue weighted by atomic mass is 35.5. The smallest absolute Gasteiger partial charge is 0.185 e. The van der Waals surface area contributed by atoms with Crippen LogP contribution in [0, 0.1) is 0 Å². The lowest BCUT2D eigenvalue weighted by atomic mass is 10.0. The highest BCUT2D eigenvalue weighted by Crippen LogP contribution is 2.31. The summed E-state index contributed by atoms with van der Waals surface area (Å²) in [5.74, 6) is -0.468. The molecule has 0 unspecified atom stereocenters. The number of benzene rings is 1. The molecule has 0 aliphatic carbocycles. The van der Waals surface area contributed by atoms with E-state index in [1.54, 1.807) is 37.3 Å². The van der Waals surface area contributed by atoms with Gasteiger partial charge in [0.15, 0.2) is 5.78 Å². The molecule has 25 heavy (non-hydrogen) atoms. The van der Waals surface area contributed by atoms with Crippen molar-refractivity contribution in [1.29, 1.82) is 0 Å². The molecular weight excluding hydrogens is 403 g/mol. The fraction of sp³-hybridized carbons (Fsp3) is 0.118. The van der Waals surface area contributed by atoms with Gasteiger partial charge in [0.2, 0.25) is 0 Å². The molecule has 8 heteroatoms. The average molecular weight is 416 g/mol. The maximum atomic E-state index is 12.0. The van der Waals surface area contributed by atoms with Crippen molar-refractivity contribution in [3.63, 3.8) is 0 Å². The van der Waals surface area contributed by atoms with Gasteiger partial charge in [-0.2, -0.15) is 0 Å². The number of hydrogen-bond donors (Lipinski definition) is 1. The number of Topliss-reactive ketones (excluding diaryl/α,β-unsaturated/α-hetero) is 1. The molecule has 0 bridgehead atoms. The summed E-state index contributed by atoms with van der Waals surface area (Å²) in [6.07, 6.45) is 0.223. The normalized spacial score (nSPS) is 12.7. The lowest BCUT2D eigenvalue weighted by molar-refractivity contribution is -0.119. The fourth-order valence-electron chi connectivity index (χ4n) is 1.98. The lowest BCUT2D eigenvalue weighted by Gasteiger charge is -2.10. The molecule has 130 valence electrons. The molecule has 0 aliphatic heterocycles. The summed E-state index contributed by atoms with van der Waals surface area (Å²) in [7, 11) is 0. The Labute approximate surface area is 163 Å². The van der Waals surface area contributed by atoms with Crippen molar-refractivity contribution in [2.75, 3.05) is 0 Å². The first kappa shape index (κ1) is 19.7. The molecule has 0 radical (unpaired) electrons. The van der Waals surface area contributed by atoms with Gasteiger partial charge in [0.25, 0.3) is 0 Å². The second-order valence-electron chi connectivity index (χ2n) is 4.99. The van der Waals surface area contributed by atoms with Crippen LogP contribution in [0.25, 0.3) is 0 Å². The number of nitrogens with zero attached hydrogens (tertiary/aromatic N) is 1. The van der Waals surface area contributed by atoms with Gasteiger partial charge in [-0.1, -0.05) is 34.8 Å². The summed E-state index contributed by atoms with van der Waals surface area (Å²) in [6.45, 7) is 1.66. The van der Waals surface area contributed by atoms with Crippen LogP contribution in [0.2, 0.25) is 14.4 Å². The fourth-order valence-corrected chi connectivity index (χ4v) is 3.52. The van der Waals surface area contributed by atoms with Crippen molar-refractivity contribution in [2.45, 2.75) is 13.3 Å². The van der Waals surface area contributed by atoms with E-state index < -0.39 is 5.78 Å². The Morgan fingerprint density at radius 3 is 2.52 bits per heavy atom. The van der Waals surface area contributed by atoms with Gasteiger partial charge in [-0.05, 0) is 37.3 Å². The number of thiophene rings is 1. The van der Waals surface area contributed by atoms with E-state index in [2.05, 4.69) is 4.99 Å². The van der Waals surface area contributed by atoms with Gasteiger partial charge in [0.05, 0.1) is 37.8 Å². The first-order valence-electron chi connectivity index (χ1n) is 7.06. The topological polar surface area (TPSA) is 72.5 Å². The Bertz CT molecular complexity index is 888. The van der Waals surface area contributed by atoms with Crippen molar-refractivity contribution in [3.8, 4) is 0 Å². The van der Waals surface area contributed by atoms with Crippen LogP contribution in [-0.4, -0.2) is 17.8 Å². The Kier molecular flexibility index (Phi) is 6.79. The van der Waals surface area contributed by atoms with E-state index in [1.165, 1.54) is 11.3 Å². The second-order valence-corrected chi connectivity index (χ2v) is 7.55. The van der Waals surface area contributed by atoms with Crippen LogP contribution >= 0.6 is 46.1 Å². The minimum absolute atomic E-state index is 0.0274. The molecule has 0 saturated heterocycles. The highest BCUT2D eigenvalue weighted by Gasteiger charge is 2.17. The number of halogens is 3. The van der Waals surface area contributed by atoms with Gasteiger partial charge in [-0.3, -0.25) is 4.79 Å². The summed E-state index contributed by atoms with van der Waals surface area (Å²) in [5.41, 5.74) is 7.26. The summed E-state index contributed by atoms with van der Waals surface area (Å²) in [6, 6.07) is 8.39. The second kappa shape index (κ2) is 8.63.